The molecule has 0 saturated heterocycles. The Labute approximate surface area is 98.3 Å². The van der Waals surface area contributed by atoms with Gasteiger partial charge in [-0.25, -0.2) is 0 Å². The van der Waals surface area contributed by atoms with Gasteiger partial charge in [0.25, 0.3) is 5.91 Å². The van der Waals surface area contributed by atoms with Crippen LogP contribution in [0.4, 0.5) is 0 Å². The molecule has 88 valence electrons. The van der Waals surface area contributed by atoms with Crippen molar-refractivity contribution in [1.29, 1.82) is 0 Å². The monoisotopic (exact) mass is 241 g/mol. The molecule has 0 bridgehead atoms. The van der Waals surface area contributed by atoms with Crippen molar-refractivity contribution >= 4 is 23.6 Å². The van der Waals surface area contributed by atoms with Crippen molar-refractivity contribution in [2.75, 3.05) is 11.5 Å². The third-order valence-electron chi connectivity index (χ3n) is 1.84. The fourth-order valence-corrected chi connectivity index (χ4v) is 1.66. The zero-order valence-corrected chi connectivity index (χ0v) is 9.89. The Kier molecular flexibility index (Phi) is 5.49. The topological polar surface area (TPSA) is 74.0 Å². The lowest BCUT2D eigenvalue weighted by atomic mass is 10.4. The van der Waals surface area contributed by atoms with E-state index in [1.807, 2.05) is 6.92 Å². The van der Waals surface area contributed by atoms with Crippen LogP contribution in [0.3, 0.4) is 0 Å². The van der Waals surface area contributed by atoms with Crippen LogP contribution in [-0.4, -0.2) is 28.3 Å². The van der Waals surface area contributed by atoms with Gasteiger partial charge in [-0.2, -0.15) is 11.8 Å². The van der Waals surface area contributed by atoms with E-state index >= 15 is 0 Å². The summed E-state index contributed by atoms with van der Waals surface area (Å²) >= 11 is 1.69. The molecule has 16 heavy (non-hydrogen) atoms. The number of amides is 2. The minimum atomic E-state index is -0.346. The third-order valence-corrected chi connectivity index (χ3v) is 2.74. The number of hydrazine groups is 1. The van der Waals surface area contributed by atoms with Crippen molar-refractivity contribution in [2.45, 2.75) is 13.3 Å². The van der Waals surface area contributed by atoms with Gasteiger partial charge >= 0.3 is 0 Å². The largest absolute Gasteiger partial charge is 0.357 e. The SMILES string of the molecule is CCSCCC(=O)NNC(=O)c1ccc[nH]1. The van der Waals surface area contributed by atoms with Crippen LogP contribution in [0.15, 0.2) is 18.3 Å². The van der Waals surface area contributed by atoms with E-state index in [-0.39, 0.29) is 11.8 Å². The maximum atomic E-state index is 11.4. The number of rotatable bonds is 5. The molecular weight excluding hydrogens is 226 g/mol. The highest BCUT2D eigenvalue weighted by molar-refractivity contribution is 7.99. The van der Waals surface area contributed by atoms with Crippen molar-refractivity contribution in [3.05, 3.63) is 24.0 Å². The van der Waals surface area contributed by atoms with Gasteiger partial charge in [0.05, 0.1) is 0 Å². The van der Waals surface area contributed by atoms with E-state index in [0.29, 0.717) is 12.1 Å². The average molecular weight is 241 g/mol. The number of nitrogens with one attached hydrogen (secondary N) is 3. The average Bonchev–Trinajstić information content (AvgIpc) is 2.79. The molecule has 0 unspecified atom stereocenters. The molecule has 5 nitrogen and oxygen atoms in total. The molecule has 0 aliphatic rings. The quantitative estimate of drug-likeness (QED) is 0.530. The Morgan fingerprint density at radius 3 is 2.88 bits per heavy atom. The van der Waals surface area contributed by atoms with Crippen LogP contribution in [0.25, 0.3) is 0 Å². The summed E-state index contributed by atoms with van der Waals surface area (Å²) in [6.07, 6.45) is 2.05. The fourth-order valence-electron chi connectivity index (χ4n) is 1.04. The van der Waals surface area contributed by atoms with Crippen LogP contribution in [-0.2, 0) is 4.79 Å². The minimum Gasteiger partial charge on any atom is -0.357 e. The summed E-state index contributed by atoms with van der Waals surface area (Å²) in [5, 5.41) is 0. The first-order chi connectivity index (χ1) is 7.74. The van der Waals surface area contributed by atoms with E-state index in [9.17, 15) is 9.59 Å². The van der Waals surface area contributed by atoms with E-state index < -0.39 is 0 Å². The van der Waals surface area contributed by atoms with Crippen molar-refractivity contribution in [3.63, 3.8) is 0 Å². The molecule has 3 N–H and O–H groups in total. The van der Waals surface area contributed by atoms with Crippen molar-refractivity contribution in [1.82, 2.24) is 15.8 Å². The summed E-state index contributed by atoms with van der Waals surface area (Å²) in [4.78, 5) is 25.4. The Bertz CT molecular complexity index is 338. The van der Waals surface area contributed by atoms with Gasteiger partial charge in [-0.15, -0.1) is 0 Å². The third kappa shape index (κ3) is 4.39. The second kappa shape index (κ2) is 6.95. The van der Waals surface area contributed by atoms with E-state index in [1.54, 1.807) is 30.1 Å². The molecule has 0 atom stereocenters. The van der Waals surface area contributed by atoms with Gasteiger partial charge in [0, 0.05) is 18.4 Å². The molecule has 1 heterocycles. The summed E-state index contributed by atoms with van der Waals surface area (Å²) < 4.78 is 0. The van der Waals surface area contributed by atoms with Gasteiger partial charge < -0.3 is 4.98 Å². The van der Waals surface area contributed by atoms with Crippen molar-refractivity contribution in [3.8, 4) is 0 Å². The summed E-state index contributed by atoms with van der Waals surface area (Å²) in [7, 11) is 0. The molecule has 0 aromatic carbocycles. The molecular formula is C10H15N3O2S. The van der Waals surface area contributed by atoms with E-state index in [4.69, 9.17) is 0 Å². The van der Waals surface area contributed by atoms with Crippen LogP contribution in [0.5, 0.6) is 0 Å². The summed E-state index contributed by atoms with van der Waals surface area (Å²) in [5.74, 6) is 1.23. The first kappa shape index (κ1) is 12.6. The zero-order valence-electron chi connectivity index (χ0n) is 9.08. The maximum Gasteiger partial charge on any atom is 0.286 e. The number of aromatic amines is 1. The molecule has 0 aliphatic carbocycles. The number of carbonyl (C=O) groups is 2. The number of aromatic nitrogens is 1. The number of carbonyl (C=O) groups excluding carboxylic acids is 2. The van der Waals surface area contributed by atoms with Gasteiger partial charge in [-0.05, 0) is 17.9 Å². The number of hydrogen-bond acceptors (Lipinski definition) is 3. The molecule has 2 amide bonds. The molecule has 1 aromatic heterocycles. The predicted octanol–water partition coefficient (Wildman–Crippen LogP) is 0.919. The Balaban J connectivity index is 2.19. The van der Waals surface area contributed by atoms with E-state index in [0.717, 1.165) is 11.5 Å². The Morgan fingerprint density at radius 2 is 2.25 bits per heavy atom. The Hall–Kier alpha value is -1.43. The standard InChI is InChI=1S/C10H15N3O2S/c1-2-16-7-5-9(14)12-13-10(15)8-4-3-6-11-8/h3-4,6,11H,2,5,7H2,1H3,(H,12,14)(H,13,15). The molecule has 0 spiro atoms. The number of thioether (sulfide) groups is 1. The molecule has 1 rings (SSSR count). The van der Waals surface area contributed by atoms with Gasteiger partial charge in [-0.1, -0.05) is 6.92 Å². The van der Waals surface area contributed by atoms with Crippen LogP contribution in [0, 0.1) is 0 Å². The van der Waals surface area contributed by atoms with Gasteiger partial charge in [0.1, 0.15) is 5.69 Å². The van der Waals surface area contributed by atoms with Gasteiger partial charge in [-0.3, -0.25) is 20.4 Å². The first-order valence-electron chi connectivity index (χ1n) is 5.04. The predicted molar refractivity (Wildman–Crippen MR) is 64.0 cm³/mol. The van der Waals surface area contributed by atoms with Gasteiger partial charge in [0.15, 0.2) is 0 Å². The highest BCUT2D eigenvalue weighted by Crippen LogP contribution is 2.00. The second-order valence-corrected chi connectivity index (χ2v) is 4.43. The van der Waals surface area contributed by atoms with Gasteiger partial charge in [0.2, 0.25) is 5.91 Å². The van der Waals surface area contributed by atoms with Crippen molar-refractivity contribution in [2.24, 2.45) is 0 Å². The second-order valence-electron chi connectivity index (χ2n) is 3.03. The summed E-state index contributed by atoms with van der Waals surface area (Å²) in [6.45, 7) is 2.04. The number of H-pyrrole nitrogens is 1. The highest BCUT2D eigenvalue weighted by atomic mass is 32.2. The molecule has 6 heteroatoms. The molecule has 0 saturated carbocycles. The van der Waals surface area contributed by atoms with Crippen LogP contribution >= 0.6 is 11.8 Å². The molecule has 0 fully saturated rings. The minimum absolute atomic E-state index is 0.180. The van der Waals surface area contributed by atoms with Crippen LogP contribution in [0.2, 0.25) is 0 Å². The Morgan fingerprint density at radius 1 is 1.44 bits per heavy atom. The highest BCUT2D eigenvalue weighted by Gasteiger charge is 2.06. The smallest absolute Gasteiger partial charge is 0.286 e. The lowest BCUT2D eigenvalue weighted by molar-refractivity contribution is -0.121. The normalized spacial score (nSPS) is 9.81. The van der Waals surface area contributed by atoms with E-state index in [2.05, 4.69) is 15.8 Å². The summed E-state index contributed by atoms with van der Waals surface area (Å²) in [5.41, 5.74) is 5.11. The lowest BCUT2D eigenvalue weighted by Crippen LogP contribution is -2.41. The number of hydrogen-bond donors (Lipinski definition) is 3. The molecule has 0 aliphatic heterocycles. The van der Waals surface area contributed by atoms with Crippen LogP contribution in [0.1, 0.15) is 23.8 Å². The first-order valence-corrected chi connectivity index (χ1v) is 6.19. The molecule has 0 radical (unpaired) electrons. The zero-order chi connectivity index (χ0) is 11.8. The molecule has 1 aromatic rings. The lowest BCUT2D eigenvalue weighted by Gasteiger charge is -2.05. The maximum absolute atomic E-state index is 11.4. The van der Waals surface area contributed by atoms with E-state index in [1.165, 1.54) is 0 Å². The van der Waals surface area contributed by atoms with Crippen molar-refractivity contribution < 1.29 is 9.59 Å². The van der Waals surface area contributed by atoms with Crippen LogP contribution < -0.4 is 10.9 Å². The fraction of sp³-hybridized carbons (Fsp3) is 0.400. The summed E-state index contributed by atoms with van der Waals surface area (Å²) in [6, 6.07) is 3.35.